The molecule has 1 saturated heterocycles. The molecule has 1 fully saturated rings. The Labute approximate surface area is 164 Å². The summed E-state index contributed by atoms with van der Waals surface area (Å²) in [5.41, 5.74) is 3.74. The summed E-state index contributed by atoms with van der Waals surface area (Å²) < 4.78 is 28.2. The molecular weight excluding hydrogens is 381 g/mol. The summed E-state index contributed by atoms with van der Waals surface area (Å²) >= 11 is 0. The molecule has 25 heavy (non-hydrogen) atoms. The molecule has 146 valence electrons. The third-order valence-corrected chi connectivity index (χ3v) is 6.45. The Hall–Kier alpha value is -0.370. The van der Waals surface area contributed by atoms with E-state index in [1.165, 1.54) is 0 Å². The van der Waals surface area contributed by atoms with Crippen LogP contribution in [-0.2, 0) is 10.0 Å². The van der Waals surface area contributed by atoms with Gasteiger partial charge >= 0.3 is 0 Å². The van der Waals surface area contributed by atoms with Crippen LogP contribution in [-0.4, -0.2) is 52.6 Å². The number of rotatable bonds is 6. The number of halogens is 2. The third-order valence-electron chi connectivity index (χ3n) is 4.72. The van der Waals surface area contributed by atoms with Crippen LogP contribution in [0.4, 0.5) is 0 Å². The van der Waals surface area contributed by atoms with Crippen molar-refractivity contribution in [2.75, 3.05) is 39.3 Å². The number of hydrogen-bond donors (Lipinski definition) is 2. The number of hydrogen-bond acceptors (Lipinski definition) is 4. The van der Waals surface area contributed by atoms with E-state index in [0.717, 1.165) is 61.4 Å². The third kappa shape index (κ3) is 6.38. The zero-order valence-corrected chi connectivity index (χ0v) is 18.0. The first-order chi connectivity index (χ1) is 10.8. The molecule has 0 radical (unpaired) electrons. The van der Waals surface area contributed by atoms with E-state index >= 15 is 0 Å². The number of aryl methyl sites for hydroxylation is 2. The highest BCUT2D eigenvalue weighted by molar-refractivity contribution is 7.89. The highest BCUT2D eigenvalue weighted by atomic mass is 35.5. The molecule has 0 unspecified atom stereocenters. The van der Waals surface area contributed by atoms with E-state index in [1.807, 2.05) is 33.8 Å². The minimum Gasteiger partial charge on any atom is -0.314 e. The first-order valence-electron chi connectivity index (χ1n) is 8.33. The highest BCUT2D eigenvalue weighted by Gasteiger charge is 2.21. The van der Waals surface area contributed by atoms with Crippen molar-refractivity contribution in [3.05, 3.63) is 28.3 Å². The van der Waals surface area contributed by atoms with Gasteiger partial charge in [0.15, 0.2) is 0 Å². The first kappa shape index (κ1) is 24.6. The van der Waals surface area contributed by atoms with E-state index in [-0.39, 0.29) is 24.8 Å². The molecular formula is C17H31Cl2N3O2S. The van der Waals surface area contributed by atoms with Crippen LogP contribution >= 0.6 is 24.8 Å². The summed E-state index contributed by atoms with van der Waals surface area (Å²) in [5.74, 6) is 0. The summed E-state index contributed by atoms with van der Waals surface area (Å²) in [6.07, 6.45) is 0.835. The van der Waals surface area contributed by atoms with Gasteiger partial charge in [-0.05, 0) is 62.9 Å². The van der Waals surface area contributed by atoms with Crippen molar-refractivity contribution in [3.63, 3.8) is 0 Å². The Morgan fingerprint density at radius 1 is 1.04 bits per heavy atom. The lowest BCUT2D eigenvalue weighted by Crippen LogP contribution is -2.44. The maximum Gasteiger partial charge on any atom is 0.241 e. The minimum atomic E-state index is -3.45. The average molecular weight is 412 g/mol. The Morgan fingerprint density at radius 2 is 1.56 bits per heavy atom. The number of nitrogens with one attached hydrogen (secondary N) is 2. The van der Waals surface area contributed by atoms with E-state index in [4.69, 9.17) is 0 Å². The van der Waals surface area contributed by atoms with Crippen LogP contribution in [0.5, 0.6) is 0 Å². The summed E-state index contributed by atoms with van der Waals surface area (Å²) in [6.45, 7) is 13.3. The van der Waals surface area contributed by atoms with Crippen molar-refractivity contribution >= 4 is 34.8 Å². The molecule has 1 aliphatic heterocycles. The predicted octanol–water partition coefficient (Wildman–Crippen LogP) is 2.34. The standard InChI is InChI=1S/C17H29N3O2S.2ClH/c1-13-12-14(2)16(4)17(15(13)3)23(21,22)19-6-5-9-20-10-7-18-8-11-20;;/h12,18-19H,5-11H2,1-4H3;2*1H. The molecule has 1 heterocycles. The van der Waals surface area contributed by atoms with Crippen LogP contribution in [0.25, 0.3) is 0 Å². The zero-order valence-electron chi connectivity index (χ0n) is 15.5. The Balaban J connectivity index is 0.00000288. The second kappa shape index (κ2) is 10.7. The van der Waals surface area contributed by atoms with E-state index in [2.05, 4.69) is 14.9 Å². The van der Waals surface area contributed by atoms with Gasteiger partial charge in [-0.1, -0.05) is 6.07 Å². The smallest absolute Gasteiger partial charge is 0.241 e. The molecule has 1 aromatic rings. The van der Waals surface area contributed by atoms with Crippen molar-refractivity contribution in [3.8, 4) is 0 Å². The van der Waals surface area contributed by atoms with Crippen LogP contribution < -0.4 is 10.0 Å². The van der Waals surface area contributed by atoms with Crippen LogP contribution in [0.2, 0.25) is 0 Å². The minimum absolute atomic E-state index is 0. The molecule has 0 atom stereocenters. The Kier molecular flexibility index (Phi) is 10.5. The number of benzene rings is 1. The highest BCUT2D eigenvalue weighted by Crippen LogP contribution is 2.25. The Morgan fingerprint density at radius 3 is 2.08 bits per heavy atom. The second-order valence-electron chi connectivity index (χ2n) is 6.43. The molecule has 5 nitrogen and oxygen atoms in total. The monoisotopic (exact) mass is 411 g/mol. The topological polar surface area (TPSA) is 61.4 Å². The van der Waals surface area contributed by atoms with E-state index in [1.54, 1.807) is 0 Å². The van der Waals surface area contributed by atoms with Gasteiger partial charge in [0.1, 0.15) is 0 Å². The zero-order chi connectivity index (χ0) is 17.0. The van der Waals surface area contributed by atoms with Crippen LogP contribution in [0.15, 0.2) is 11.0 Å². The second-order valence-corrected chi connectivity index (χ2v) is 8.14. The molecule has 2 N–H and O–H groups in total. The fourth-order valence-electron chi connectivity index (χ4n) is 3.10. The van der Waals surface area contributed by atoms with E-state index in [0.29, 0.717) is 11.4 Å². The van der Waals surface area contributed by atoms with Crippen molar-refractivity contribution in [2.24, 2.45) is 0 Å². The van der Waals surface area contributed by atoms with Crippen molar-refractivity contribution in [1.82, 2.24) is 14.9 Å². The Bertz CT molecular complexity index is 634. The van der Waals surface area contributed by atoms with Gasteiger partial charge in [-0.3, -0.25) is 0 Å². The molecule has 0 aliphatic carbocycles. The van der Waals surface area contributed by atoms with Gasteiger partial charge in [-0.25, -0.2) is 13.1 Å². The largest absolute Gasteiger partial charge is 0.314 e. The van der Waals surface area contributed by atoms with Gasteiger partial charge in [0, 0.05) is 32.7 Å². The van der Waals surface area contributed by atoms with Gasteiger partial charge < -0.3 is 10.2 Å². The van der Waals surface area contributed by atoms with Crippen LogP contribution in [0.3, 0.4) is 0 Å². The molecule has 0 saturated carbocycles. The van der Waals surface area contributed by atoms with Gasteiger partial charge in [-0.15, -0.1) is 24.8 Å². The molecule has 8 heteroatoms. The molecule has 2 rings (SSSR count). The van der Waals surface area contributed by atoms with E-state index in [9.17, 15) is 8.42 Å². The summed E-state index contributed by atoms with van der Waals surface area (Å²) in [6, 6.07) is 2.05. The molecule has 1 aliphatic rings. The lowest BCUT2D eigenvalue weighted by Gasteiger charge is -2.27. The molecule has 0 aromatic heterocycles. The number of piperazine rings is 1. The first-order valence-corrected chi connectivity index (χ1v) is 9.81. The quantitative estimate of drug-likeness (QED) is 0.705. The SMILES string of the molecule is Cc1cc(C)c(C)c(S(=O)(=O)NCCCN2CCNCC2)c1C.Cl.Cl. The van der Waals surface area contributed by atoms with Gasteiger partial charge in [0.25, 0.3) is 0 Å². The lowest BCUT2D eigenvalue weighted by molar-refractivity contribution is 0.239. The van der Waals surface area contributed by atoms with Gasteiger partial charge in [0.05, 0.1) is 4.90 Å². The summed E-state index contributed by atoms with van der Waals surface area (Å²) in [5, 5.41) is 3.32. The van der Waals surface area contributed by atoms with Crippen LogP contribution in [0, 0.1) is 27.7 Å². The van der Waals surface area contributed by atoms with E-state index < -0.39 is 10.0 Å². The number of nitrogens with zero attached hydrogens (tertiary/aromatic N) is 1. The van der Waals surface area contributed by atoms with Gasteiger partial charge in [0.2, 0.25) is 10.0 Å². The number of sulfonamides is 1. The summed E-state index contributed by atoms with van der Waals surface area (Å²) in [7, 11) is -3.45. The molecule has 0 spiro atoms. The normalized spacial score (nSPS) is 15.4. The van der Waals surface area contributed by atoms with Crippen molar-refractivity contribution < 1.29 is 8.42 Å². The molecule has 0 bridgehead atoms. The van der Waals surface area contributed by atoms with Gasteiger partial charge in [-0.2, -0.15) is 0 Å². The molecule has 1 aromatic carbocycles. The molecule has 0 amide bonds. The maximum atomic E-state index is 12.7. The fraction of sp³-hybridized carbons (Fsp3) is 0.647. The predicted molar refractivity (Wildman–Crippen MR) is 109 cm³/mol. The van der Waals surface area contributed by atoms with Crippen molar-refractivity contribution in [1.29, 1.82) is 0 Å². The van der Waals surface area contributed by atoms with Crippen LogP contribution in [0.1, 0.15) is 28.7 Å². The van der Waals surface area contributed by atoms with Crippen molar-refractivity contribution in [2.45, 2.75) is 39.0 Å². The fourth-order valence-corrected chi connectivity index (χ4v) is 4.79. The maximum absolute atomic E-state index is 12.7. The average Bonchev–Trinajstić information content (AvgIpc) is 2.51. The lowest BCUT2D eigenvalue weighted by atomic mass is 10.0. The summed E-state index contributed by atoms with van der Waals surface area (Å²) in [4.78, 5) is 2.83.